The predicted molar refractivity (Wildman–Crippen MR) is 79.6 cm³/mol. The molecule has 0 spiro atoms. The molecule has 1 heterocycles. The number of nitrogens with zero attached hydrogens (tertiary/aromatic N) is 2. The maximum atomic E-state index is 13.2. The topological polar surface area (TPSA) is 29.9 Å². The number of hydrogen-bond acceptors (Lipinski definition) is 2. The predicted octanol–water partition coefficient (Wildman–Crippen LogP) is 3.19. The fraction of sp³-hybridized carbons (Fsp3) is 0.438. The maximum absolute atomic E-state index is 13.2. The van der Waals surface area contributed by atoms with Gasteiger partial charge in [0.15, 0.2) is 0 Å². The zero-order valence-corrected chi connectivity index (χ0v) is 12.1. The molecule has 0 aliphatic rings. The van der Waals surface area contributed by atoms with Gasteiger partial charge in [0.2, 0.25) is 0 Å². The van der Waals surface area contributed by atoms with Crippen molar-refractivity contribution in [3.05, 3.63) is 48.0 Å². The third-order valence-electron chi connectivity index (χ3n) is 3.08. The quantitative estimate of drug-likeness (QED) is 0.786. The monoisotopic (exact) mass is 275 g/mol. The Labute approximate surface area is 119 Å². The summed E-state index contributed by atoms with van der Waals surface area (Å²) in [5.41, 5.74) is 1.94. The van der Waals surface area contributed by atoms with Crippen LogP contribution in [0.2, 0.25) is 0 Å². The largest absolute Gasteiger partial charge is 0.316 e. The lowest BCUT2D eigenvalue weighted by Gasteiger charge is -2.06. The number of aryl methyl sites for hydroxylation is 1. The van der Waals surface area contributed by atoms with Gasteiger partial charge < -0.3 is 5.32 Å². The normalized spacial score (nSPS) is 11.2. The van der Waals surface area contributed by atoms with Gasteiger partial charge in [-0.25, -0.2) is 9.07 Å². The average Bonchev–Trinajstić information content (AvgIpc) is 2.87. The van der Waals surface area contributed by atoms with Crippen molar-refractivity contribution in [3.63, 3.8) is 0 Å². The minimum Gasteiger partial charge on any atom is -0.316 e. The summed E-state index contributed by atoms with van der Waals surface area (Å²) < 4.78 is 14.9. The highest BCUT2D eigenvalue weighted by Gasteiger charge is 2.02. The summed E-state index contributed by atoms with van der Waals surface area (Å²) in [6.45, 7) is 6.48. The van der Waals surface area contributed by atoms with E-state index in [-0.39, 0.29) is 5.82 Å². The lowest BCUT2D eigenvalue weighted by atomic mass is 10.2. The standard InChI is InChI=1S/C16H22FN3/c1-13(2)10-18-8-4-5-14-11-19-20(12-14)16-7-3-6-15(17)9-16/h3,6-7,9,11-13,18H,4-5,8,10H2,1-2H3. The molecule has 0 saturated heterocycles. The number of halogens is 1. The van der Waals surface area contributed by atoms with E-state index < -0.39 is 0 Å². The molecule has 0 aliphatic carbocycles. The summed E-state index contributed by atoms with van der Waals surface area (Å²) in [5.74, 6) is 0.447. The van der Waals surface area contributed by atoms with Crippen LogP contribution in [0.3, 0.4) is 0 Å². The van der Waals surface area contributed by atoms with Crippen LogP contribution in [0, 0.1) is 11.7 Å². The van der Waals surface area contributed by atoms with Gasteiger partial charge in [-0.3, -0.25) is 0 Å². The molecule has 1 aromatic heterocycles. The SMILES string of the molecule is CC(C)CNCCCc1cnn(-c2cccc(F)c2)c1. The Kier molecular flexibility index (Phi) is 5.30. The molecule has 20 heavy (non-hydrogen) atoms. The van der Waals surface area contributed by atoms with Crippen molar-refractivity contribution in [2.45, 2.75) is 26.7 Å². The van der Waals surface area contributed by atoms with Crippen LogP contribution in [-0.4, -0.2) is 22.9 Å². The van der Waals surface area contributed by atoms with Crippen LogP contribution in [0.1, 0.15) is 25.8 Å². The molecule has 0 amide bonds. The summed E-state index contributed by atoms with van der Waals surface area (Å²) in [6, 6.07) is 6.47. The second-order valence-electron chi connectivity index (χ2n) is 5.47. The van der Waals surface area contributed by atoms with Crippen molar-refractivity contribution in [1.29, 1.82) is 0 Å². The van der Waals surface area contributed by atoms with Gasteiger partial charge in [0.05, 0.1) is 11.9 Å². The summed E-state index contributed by atoms with van der Waals surface area (Å²) in [5, 5.41) is 7.71. The van der Waals surface area contributed by atoms with Crippen molar-refractivity contribution in [1.82, 2.24) is 15.1 Å². The van der Waals surface area contributed by atoms with E-state index >= 15 is 0 Å². The molecule has 3 nitrogen and oxygen atoms in total. The van der Waals surface area contributed by atoms with Gasteiger partial charge in [-0.1, -0.05) is 19.9 Å². The van der Waals surface area contributed by atoms with Crippen molar-refractivity contribution in [3.8, 4) is 5.69 Å². The first-order valence-corrected chi connectivity index (χ1v) is 7.15. The lowest BCUT2D eigenvalue weighted by molar-refractivity contribution is 0.543. The van der Waals surface area contributed by atoms with Gasteiger partial charge >= 0.3 is 0 Å². The number of benzene rings is 1. The van der Waals surface area contributed by atoms with Crippen LogP contribution in [0.4, 0.5) is 4.39 Å². The smallest absolute Gasteiger partial charge is 0.125 e. The Balaban J connectivity index is 1.83. The second-order valence-corrected chi connectivity index (χ2v) is 5.47. The molecule has 4 heteroatoms. The second kappa shape index (κ2) is 7.20. The summed E-state index contributed by atoms with van der Waals surface area (Å²) >= 11 is 0. The fourth-order valence-electron chi connectivity index (χ4n) is 2.06. The van der Waals surface area contributed by atoms with E-state index in [0.717, 1.165) is 31.6 Å². The number of nitrogens with one attached hydrogen (secondary N) is 1. The molecular weight excluding hydrogens is 253 g/mol. The minimum atomic E-state index is -0.238. The van der Waals surface area contributed by atoms with Crippen molar-refractivity contribution in [2.24, 2.45) is 5.92 Å². The minimum absolute atomic E-state index is 0.238. The van der Waals surface area contributed by atoms with E-state index in [9.17, 15) is 4.39 Å². The first-order valence-electron chi connectivity index (χ1n) is 7.15. The highest BCUT2D eigenvalue weighted by atomic mass is 19.1. The van der Waals surface area contributed by atoms with Gasteiger partial charge in [-0.15, -0.1) is 0 Å². The van der Waals surface area contributed by atoms with Crippen LogP contribution in [0.15, 0.2) is 36.7 Å². The van der Waals surface area contributed by atoms with Crippen molar-refractivity contribution >= 4 is 0 Å². The average molecular weight is 275 g/mol. The molecule has 1 aromatic carbocycles. The lowest BCUT2D eigenvalue weighted by Crippen LogP contribution is -2.20. The molecule has 2 aromatic rings. The molecule has 1 N–H and O–H groups in total. The van der Waals surface area contributed by atoms with Crippen LogP contribution >= 0.6 is 0 Å². The summed E-state index contributed by atoms with van der Waals surface area (Å²) in [7, 11) is 0. The van der Waals surface area contributed by atoms with E-state index in [0.29, 0.717) is 5.92 Å². The Morgan fingerprint density at radius 3 is 2.95 bits per heavy atom. The molecule has 108 valence electrons. The molecule has 0 atom stereocenters. The molecular formula is C16H22FN3. The van der Waals surface area contributed by atoms with Gasteiger partial charge in [-0.05, 0) is 55.6 Å². The molecule has 0 bridgehead atoms. The highest BCUT2D eigenvalue weighted by Crippen LogP contribution is 2.11. The van der Waals surface area contributed by atoms with Crippen LogP contribution in [-0.2, 0) is 6.42 Å². The van der Waals surface area contributed by atoms with E-state index in [1.165, 1.54) is 17.7 Å². The Morgan fingerprint density at radius 1 is 1.35 bits per heavy atom. The molecule has 0 aliphatic heterocycles. The van der Waals surface area contributed by atoms with Gasteiger partial charge in [-0.2, -0.15) is 5.10 Å². The Bertz CT molecular complexity index is 534. The fourth-order valence-corrected chi connectivity index (χ4v) is 2.06. The molecule has 2 rings (SSSR count). The molecule has 0 saturated carbocycles. The van der Waals surface area contributed by atoms with Crippen molar-refractivity contribution < 1.29 is 4.39 Å². The third-order valence-corrected chi connectivity index (χ3v) is 3.08. The van der Waals surface area contributed by atoms with Gasteiger partial charge in [0, 0.05) is 6.20 Å². The van der Waals surface area contributed by atoms with E-state index in [4.69, 9.17) is 0 Å². The first-order chi connectivity index (χ1) is 9.65. The third kappa shape index (κ3) is 4.46. The highest BCUT2D eigenvalue weighted by molar-refractivity contribution is 5.31. The van der Waals surface area contributed by atoms with Crippen molar-refractivity contribution in [2.75, 3.05) is 13.1 Å². The van der Waals surface area contributed by atoms with Gasteiger partial charge in [0.1, 0.15) is 5.82 Å². The van der Waals surface area contributed by atoms with E-state index in [2.05, 4.69) is 24.3 Å². The number of hydrogen-bond donors (Lipinski definition) is 1. The molecule has 0 radical (unpaired) electrons. The molecule has 0 unspecified atom stereocenters. The zero-order valence-electron chi connectivity index (χ0n) is 12.1. The Hall–Kier alpha value is -1.68. The summed E-state index contributed by atoms with van der Waals surface area (Å²) in [4.78, 5) is 0. The van der Waals surface area contributed by atoms with Crippen LogP contribution in [0.5, 0.6) is 0 Å². The van der Waals surface area contributed by atoms with E-state index in [1.807, 2.05) is 18.5 Å². The van der Waals surface area contributed by atoms with E-state index in [1.54, 1.807) is 10.7 Å². The first kappa shape index (κ1) is 14.7. The van der Waals surface area contributed by atoms with Crippen LogP contribution in [0.25, 0.3) is 5.69 Å². The van der Waals surface area contributed by atoms with Crippen LogP contribution < -0.4 is 5.32 Å². The molecule has 0 fully saturated rings. The number of aromatic nitrogens is 2. The van der Waals surface area contributed by atoms with Gasteiger partial charge in [0.25, 0.3) is 0 Å². The number of rotatable bonds is 7. The zero-order chi connectivity index (χ0) is 14.4. The Morgan fingerprint density at radius 2 is 2.20 bits per heavy atom. The maximum Gasteiger partial charge on any atom is 0.125 e. The summed E-state index contributed by atoms with van der Waals surface area (Å²) in [6.07, 6.45) is 5.90.